The summed E-state index contributed by atoms with van der Waals surface area (Å²) >= 11 is 7.83. The first-order chi connectivity index (χ1) is 9.65. The molecule has 0 bridgehead atoms. The molecular weight excluding hydrogens is 290 g/mol. The lowest BCUT2D eigenvalue weighted by atomic mass is 9.87. The number of hydrogen-bond acceptors (Lipinski definition) is 2. The van der Waals surface area contributed by atoms with Gasteiger partial charge in [0.1, 0.15) is 4.88 Å². The number of carbonyl (C=O) groups excluding carboxylic acids is 1. The highest BCUT2D eigenvalue weighted by atomic mass is 35.5. The van der Waals surface area contributed by atoms with Crippen LogP contribution in [0.15, 0.2) is 24.3 Å². The van der Waals surface area contributed by atoms with Gasteiger partial charge in [0.15, 0.2) is 0 Å². The van der Waals surface area contributed by atoms with Gasteiger partial charge in [0.2, 0.25) is 0 Å². The first-order valence-electron chi connectivity index (χ1n) is 7.13. The molecule has 2 atom stereocenters. The van der Waals surface area contributed by atoms with Crippen molar-refractivity contribution >= 4 is 38.9 Å². The van der Waals surface area contributed by atoms with E-state index in [1.165, 1.54) is 24.2 Å². The van der Waals surface area contributed by atoms with Crippen LogP contribution >= 0.6 is 22.9 Å². The summed E-state index contributed by atoms with van der Waals surface area (Å²) in [6.45, 7) is 2.25. The van der Waals surface area contributed by atoms with Crippen molar-refractivity contribution in [3.05, 3.63) is 34.2 Å². The van der Waals surface area contributed by atoms with Crippen molar-refractivity contribution in [1.29, 1.82) is 0 Å². The molecule has 2 nitrogen and oxygen atoms in total. The molecule has 1 N–H and O–H groups in total. The lowest BCUT2D eigenvalue weighted by Crippen LogP contribution is -2.37. The van der Waals surface area contributed by atoms with E-state index >= 15 is 0 Å². The Morgan fingerprint density at radius 1 is 1.35 bits per heavy atom. The molecule has 2 aromatic rings. The monoisotopic (exact) mass is 307 g/mol. The molecule has 20 heavy (non-hydrogen) atoms. The zero-order valence-corrected chi connectivity index (χ0v) is 13.1. The quantitative estimate of drug-likeness (QED) is 0.843. The van der Waals surface area contributed by atoms with E-state index in [0.29, 0.717) is 21.9 Å². The maximum atomic E-state index is 12.4. The van der Waals surface area contributed by atoms with E-state index in [2.05, 4.69) is 12.2 Å². The van der Waals surface area contributed by atoms with Gasteiger partial charge in [-0.15, -0.1) is 11.3 Å². The molecule has 0 radical (unpaired) electrons. The van der Waals surface area contributed by atoms with Crippen LogP contribution in [0.3, 0.4) is 0 Å². The fraction of sp³-hybridized carbons (Fsp3) is 0.438. The average Bonchev–Trinajstić information content (AvgIpc) is 2.77. The average molecular weight is 308 g/mol. The standard InChI is InChI=1S/C16H18ClNOS/c1-10-5-4-6-11(9-10)18-16(19)15-14(17)12-7-2-3-8-13(12)20-15/h2-3,7-8,10-11H,4-6,9H2,1H3,(H,18,19). The summed E-state index contributed by atoms with van der Waals surface area (Å²) in [4.78, 5) is 13.1. The number of amides is 1. The molecule has 1 aliphatic rings. The van der Waals surface area contributed by atoms with Gasteiger partial charge >= 0.3 is 0 Å². The minimum absolute atomic E-state index is 0.0182. The van der Waals surface area contributed by atoms with E-state index < -0.39 is 0 Å². The molecule has 106 valence electrons. The zero-order valence-electron chi connectivity index (χ0n) is 11.5. The number of benzene rings is 1. The van der Waals surface area contributed by atoms with Crippen LogP contribution in [0.5, 0.6) is 0 Å². The van der Waals surface area contributed by atoms with E-state index in [0.717, 1.165) is 22.9 Å². The summed E-state index contributed by atoms with van der Waals surface area (Å²) in [5.74, 6) is 0.683. The Hall–Kier alpha value is -1.06. The van der Waals surface area contributed by atoms with Gasteiger partial charge < -0.3 is 5.32 Å². The minimum Gasteiger partial charge on any atom is -0.349 e. The topological polar surface area (TPSA) is 29.1 Å². The highest BCUT2D eigenvalue weighted by molar-refractivity contribution is 7.21. The Morgan fingerprint density at radius 3 is 2.90 bits per heavy atom. The van der Waals surface area contributed by atoms with Gasteiger partial charge in [0.05, 0.1) is 5.02 Å². The highest BCUT2D eigenvalue weighted by Crippen LogP contribution is 2.35. The summed E-state index contributed by atoms with van der Waals surface area (Å²) in [6.07, 6.45) is 4.63. The lowest BCUT2D eigenvalue weighted by molar-refractivity contribution is 0.0926. The Morgan fingerprint density at radius 2 is 2.15 bits per heavy atom. The molecule has 1 aliphatic carbocycles. The second-order valence-corrected chi connectivity index (χ2v) is 7.11. The highest BCUT2D eigenvalue weighted by Gasteiger charge is 2.23. The van der Waals surface area contributed by atoms with Crippen molar-refractivity contribution in [3.63, 3.8) is 0 Å². The number of thiophene rings is 1. The van der Waals surface area contributed by atoms with Gasteiger partial charge in [-0.1, -0.05) is 49.6 Å². The smallest absolute Gasteiger partial charge is 0.263 e. The van der Waals surface area contributed by atoms with Gasteiger partial charge in [0.25, 0.3) is 5.91 Å². The lowest BCUT2D eigenvalue weighted by Gasteiger charge is -2.27. The van der Waals surface area contributed by atoms with Crippen LogP contribution in [0.4, 0.5) is 0 Å². The van der Waals surface area contributed by atoms with Gasteiger partial charge in [0, 0.05) is 16.1 Å². The summed E-state index contributed by atoms with van der Waals surface area (Å²) in [7, 11) is 0. The third-order valence-corrected chi connectivity index (χ3v) is 5.69. The largest absolute Gasteiger partial charge is 0.349 e. The van der Waals surface area contributed by atoms with Crippen molar-refractivity contribution < 1.29 is 4.79 Å². The number of halogens is 1. The van der Waals surface area contributed by atoms with Crippen LogP contribution in [-0.2, 0) is 0 Å². The van der Waals surface area contributed by atoms with Gasteiger partial charge in [-0.2, -0.15) is 0 Å². The molecule has 1 aromatic heterocycles. The normalized spacial score (nSPS) is 22.9. The van der Waals surface area contributed by atoms with Crippen molar-refractivity contribution in [2.45, 2.75) is 38.6 Å². The predicted molar refractivity (Wildman–Crippen MR) is 85.7 cm³/mol. The van der Waals surface area contributed by atoms with Crippen LogP contribution < -0.4 is 5.32 Å². The first-order valence-corrected chi connectivity index (χ1v) is 8.32. The Bertz CT molecular complexity index is 636. The minimum atomic E-state index is -0.0182. The molecule has 1 fully saturated rings. The first kappa shape index (κ1) is 13.9. The predicted octanol–water partition coefficient (Wildman–Crippen LogP) is 4.86. The van der Waals surface area contributed by atoms with Crippen LogP contribution in [0.25, 0.3) is 10.1 Å². The Balaban J connectivity index is 1.80. The summed E-state index contributed by atoms with van der Waals surface area (Å²) in [5, 5.41) is 4.72. The summed E-state index contributed by atoms with van der Waals surface area (Å²) < 4.78 is 1.07. The number of rotatable bonds is 2. The van der Waals surface area contributed by atoms with Crippen molar-refractivity contribution in [2.75, 3.05) is 0 Å². The fourth-order valence-corrected chi connectivity index (χ4v) is 4.40. The van der Waals surface area contributed by atoms with Crippen LogP contribution in [0.1, 0.15) is 42.3 Å². The SMILES string of the molecule is CC1CCCC(NC(=O)c2sc3ccccc3c2Cl)C1. The second kappa shape index (κ2) is 5.74. The van der Waals surface area contributed by atoms with Crippen molar-refractivity contribution in [1.82, 2.24) is 5.32 Å². The van der Waals surface area contributed by atoms with Gasteiger partial charge in [-0.25, -0.2) is 0 Å². The molecule has 2 unspecified atom stereocenters. The van der Waals surface area contributed by atoms with E-state index in [1.807, 2.05) is 24.3 Å². The third-order valence-electron chi connectivity index (χ3n) is 4.01. The van der Waals surface area contributed by atoms with E-state index in [-0.39, 0.29) is 5.91 Å². The van der Waals surface area contributed by atoms with Crippen LogP contribution in [0.2, 0.25) is 5.02 Å². The number of carbonyl (C=O) groups is 1. The second-order valence-electron chi connectivity index (χ2n) is 5.68. The third kappa shape index (κ3) is 2.70. The maximum Gasteiger partial charge on any atom is 0.263 e. The van der Waals surface area contributed by atoms with Gasteiger partial charge in [-0.05, 0) is 24.8 Å². The molecule has 1 heterocycles. The summed E-state index contributed by atoms with van der Waals surface area (Å²) in [5.41, 5.74) is 0. The molecule has 1 aromatic carbocycles. The zero-order chi connectivity index (χ0) is 14.1. The van der Waals surface area contributed by atoms with Gasteiger partial charge in [-0.3, -0.25) is 4.79 Å². The molecule has 4 heteroatoms. The fourth-order valence-electron chi connectivity index (χ4n) is 2.98. The van der Waals surface area contributed by atoms with Crippen molar-refractivity contribution in [3.8, 4) is 0 Å². The molecule has 1 amide bonds. The molecule has 0 saturated heterocycles. The maximum absolute atomic E-state index is 12.4. The van der Waals surface area contributed by atoms with E-state index in [4.69, 9.17) is 11.6 Å². The van der Waals surface area contributed by atoms with Crippen LogP contribution in [-0.4, -0.2) is 11.9 Å². The Labute approximate surface area is 128 Å². The molecule has 0 spiro atoms. The Kier molecular flexibility index (Phi) is 3.99. The van der Waals surface area contributed by atoms with Crippen molar-refractivity contribution in [2.24, 2.45) is 5.92 Å². The molecular formula is C16H18ClNOS. The number of fused-ring (bicyclic) bond motifs is 1. The van der Waals surface area contributed by atoms with Crippen LogP contribution in [0, 0.1) is 5.92 Å². The molecule has 1 saturated carbocycles. The van der Waals surface area contributed by atoms with E-state index in [9.17, 15) is 4.79 Å². The molecule has 0 aliphatic heterocycles. The number of hydrogen-bond donors (Lipinski definition) is 1. The molecule has 3 rings (SSSR count). The summed E-state index contributed by atoms with van der Waals surface area (Å²) in [6, 6.07) is 8.19. The number of nitrogens with one attached hydrogen (secondary N) is 1. The van der Waals surface area contributed by atoms with E-state index in [1.54, 1.807) is 0 Å².